The quantitative estimate of drug-likeness (QED) is 0.159. The van der Waals surface area contributed by atoms with E-state index in [4.69, 9.17) is 4.74 Å². The first-order valence-corrected chi connectivity index (χ1v) is 13.3. The minimum absolute atomic E-state index is 0.0367. The molecular formula is C30H27FN2O4S. The Labute approximate surface area is 224 Å². The van der Waals surface area contributed by atoms with Gasteiger partial charge in [0.2, 0.25) is 0 Å². The third-order valence-electron chi connectivity index (χ3n) is 6.49. The van der Waals surface area contributed by atoms with Crippen LogP contribution in [0.25, 0.3) is 16.0 Å². The monoisotopic (exact) mass is 530 g/mol. The number of rotatable bonds is 7. The molecule has 5 rings (SSSR count). The number of fused-ring (bicyclic) bond motifs is 1. The summed E-state index contributed by atoms with van der Waals surface area (Å²) in [5.74, 6) is -1.48. The summed E-state index contributed by atoms with van der Waals surface area (Å²) in [6.45, 7) is 6.66. The minimum atomic E-state index is -0.915. The van der Waals surface area contributed by atoms with E-state index >= 15 is 0 Å². The molecule has 1 aliphatic rings. The van der Waals surface area contributed by atoms with E-state index in [2.05, 4.69) is 18.8 Å². The predicted octanol–water partition coefficient (Wildman–Crippen LogP) is 6.97. The van der Waals surface area contributed by atoms with E-state index in [0.29, 0.717) is 39.6 Å². The summed E-state index contributed by atoms with van der Waals surface area (Å²) < 4.78 is 20.1. The van der Waals surface area contributed by atoms with E-state index in [1.807, 2.05) is 31.2 Å². The maximum atomic E-state index is 13.9. The summed E-state index contributed by atoms with van der Waals surface area (Å²) in [4.78, 5) is 32.8. The number of benzene rings is 3. The number of amides is 1. The molecular weight excluding hydrogens is 503 g/mol. The molecule has 0 radical (unpaired) electrons. The molecule has 1 unspecified atom stereocenters. The van der Waals surface area contributed by atoms with Crippen LogP contribution in [0.2, 0.25) is 0 Å². The first-order chi connectivity index (χ1) is 18.3. The minimum Gasteiger partial charge on any atom is -0.507 e. The van der Waals surface area contributed by atoms with Gasteiger partial charge in [0.05, 0.1) is 28.4 Å². The van der Waals surface area contributed by atoms with Crippen LogP contribution in [0.15, 0.2) is 72.3 Å². The van der Waals surface area contributed by atoms with Crippen molar-refractivity contribution >= 4 is 44.1 Å². The lowest BCUT2D eigenvalue weighted by Crippen LogP contribution is -2.29. The number of Topliss-reactive ketones (excluding diaryl/α,β-unsaturated/α-hetero) is 1. The predicted molar refractivity (Wildman–Crippen MR) is 147 cm³/mol. The molecule has 3 aromatic carbocycles. The van der Waals surface area contributed by atoms with Gasteiger partial charge in [-0.15, -0.1) is 0 Å². The molecule has 194 valence electrons. The van der Waals surface area contributed by atoms with Gasteiger partial charge in [-0.1, -0.05) is 68.5 Å². The number of nitrogens with zero attached hydrogens (tertiary/aromatic N) is 2. The van der Waals surface area contributed by atoms with Crippen LogP contribution in [0.1, 0.15) is 55.8 Å². The lowest BCUT2D eigenvalue weighted by atomic mass is 9.93. The first-order valence-electron chi connectivity index (χ1n) is 12.5. The number of anilines is 1. The third-order valence-corrected chi connectivity index (χ3v) is 7.51. The number of aliphatic hydroxyl groups is 1. The molecule has 1 atom stereocenters. The molecule has 1 amide bonds. The maximum absolute atomic E-state index is 13.9. The van der Waals surface area contributed by atoms with Gasteiger partial charge in [-0.25, -0.2) is 9.37 Å². The molecule has 0 aliphatic carbocycles. The van der Waals surface area contributed by atoms with Crippen molar-refractivity contribution in [1.29, 1.82) is 0 Å². The smallest absolute Gasteiger partial charge is 0.301 e. The molecule has 2 heterocycles. The second kappa shape index (κ2) is 10.4. The zero-order valence-electron chi connectivity index (χ0n) is 21.3. The standard InChI is InChI=1S/C30H27FN2O4S/c1-4-14-37-22-7-5-6-20(15-22)27(34)25-26(19-10-8-18(9-11-19)17(2)3)33(29(36)28(25)35)30-32-23-13-12-21(31)16-24(23)38-30/h5-13,15-17,26,34H,4,14H2,1-3H3. The normalized spacial score (nSPS) is 17.1. The average Bonchev–Trinajstić information content (AvgIpc) is 3.44. The Kier molecular flexibility index (Phi) is 6.99. The van der Waals surface area contributed by atoms with E-state index in [1.54, 1.807) is 24.3 Å². The zero-order valence-corrected chi connectivity index (χ0v) is 22.1. The molecule has 1 aromatic heterocycles. The van der Waals surface area contributed by atoms with Crippen molar-refractivity contribution in [3.8, 4) is 5.75 Å². The molecule has 0 bridgehead atoms. The van der Waals surface area contributed by atoms with E-state index in [9.17, 15) is 19.1 Å². The van der Waals surface area contributed by atoms with Crippen molar-refractivity contribution in [3.05, 3.63) is 94.8 Å². The second-order valence-electron chi connectivity index (χ2n) is 9.48. The Morgan fingerprint density at radius 3 is 2.58 bits per heavy atom. The lowest BCUT2D eigenvalue weighted by molar-refractivity contribution is -0.132. The number of aromatic nitrogens is 1. The Bertz CT molecular complexity index is 1560. The van der Waals surface area contributed by atoms with Crippen LogP contribution in [-0.4, -0.2) is 28.4 Å². The van der Waals surface area contributed by atoms with E-state index in [-0.39, 0.29) is 16.5 Å². The topological polar surface area (TPSA) is 79.7 Å². The van der Waals surface area contributed by atoms with Gasteiger partial charge >= 0.3 is 5.91 Å². The van der Waals surface area contributed by atoms with Crippen molar-refractivity contribution in [1.82, 2.24) is 4.98 Å². The number of halogens is 1. The summed E-state index contributed by atoms with van der Waals surface area (Å²) in [5.41, 5.74) is 2.60. The first kappa shape index (κ1) is 25.6. The lowest BCUT2D eigenvalue weighted by Gasteiger charge is -2.23. The van der Waals surface area contributed by atoms with E-state index in [1.165, 1.54) is 23.1 Å². The van der Waals surface area contributed by atoms with Crippen LogP contribution in [0.4, 0.5) is 9.52 Å². The van der Waals surface area contributed by atoms with Gasteiger partial charge < -0.3 is 9.84 Å². The Morgan fingerprint density at radius 2 is 1.87 bits per heavy atom. The average molecular weight is 531 g/mol. The Morgan fingerprint density at radius 1 is 1.11 bits per heavy atom. The number of hydrogen-bond acceptors (Lipinski definition) is 6. The fourth-order valence-electron chi connectivity index (χ4n) is 4.51. The number of ketones is 1. The van der Waals surface area contributed by atoms with Crippen LogP contribution in [-0.2, 0) is 9.59 Å². The van der Waals surface area contributed by atoms with Gasteiger partial charge in [-0.2, -0.15) is 0 Å². The fraction of sp³-hybridized carbons (Fsp3) is 0.233. The number of aliphatic hydroxyl groups excluding tert-OH is 1. The highest BCUT2D eigenvalue weighted by atomic mass is 32.1. The third kappa shape index (κ3) is 4.67. The van der Waals surface area contributed by atoms with Crippen molar-refractivity contribution in [3.63, 3.8) is 0 Å². The van der Waals surface area contributed by atoms with Crippen LogP contribution >= 0.6 is 11.3 Å². The summed E-state index contributed by atoms with van der Waals surface area (Å²) in [5, 5.41) is 11.7. The fourth-order valence-corrected chi connectivity index (χ4v) is 5.52. The molecule has 1 saturated heterocycles. The summed E-state index contributed by atoms with van der Waals surface area (Å²) >= 11 is 1.12. The van der Waals surface area contributed by atoms with Gasteiger partial charge in [0.25, 0.3) is 5.78 Å². The van der Waals surface area contributed by atoms with Crippen LogP contribution in [0, 0.1) is 5.82 Å². The number of thiazole rings is 1. The van der Waals surface area contributed by atoms with Gasteiger partial charge in [0.15, 0.2) is 5.13 Å². The second-order valence-corrected chi connectivity index (χ2v) is 10.5. The van der Waals surface area contributed by atoms with E-state index < -0.39 is 23.5 Å². The molecule has 0 saturated carbocycles. The van der Waals surface area contributed by atoms with Crippen LogP contribution in [0.3, 0.4) is 0 Å². The summed E-state index contributed by atoms with van der Waals surface area (Å²) in [7, 11) is 0. The number of ether oxygens (including phenoxy) is 1. The highest BCUT2D eigenvalue weighted by molar-refractivity contribution is 7.22. The highest BCUT2D eigenvalue weighted by Crippen LogP contribution is 2.44. The molecule has 0 spiro atoms. The van der Waals surface area contributed by atoms with Gasteiger partial charge in [0, 0.05) is 5.56 Å². The maximum Gasteiger partial charge on any atom is 0.301 e. The Hall–Kier alpha value is -4.04. The van der Waals surface area contributed by atoms with Gasteiger partial charge in [0.1, 0.15) is 17.3 Å². The SMILES string of the molecule is CCCOc1cccc(C(O)=C2C(=O)C(=O)N(c3nc4ccc(F)cc4s3)C2c2ccc(C(C)C)cc2)c1. The van der Waals surface area contributed by atoms with E-state index in [0.717, 1.165) is 23.3 Å². The zero-order chi connectivity index (χ0) is 27.0. The molecule has 1 N–H and O–H groups in total. The van der Waals surface area contributed by atoms with Crippen molar-refractivity contribution in [2.45, 2.75) is 39.2 Å². The summed E-state index contributed by atoms with van der Waals surface area (Å²) in [6.07, 6.45) is 0.819. The van der Waals surface area contributed by atoms with Gasteiger partial charge in [-0.3, -0.25) is 14.5 Å². The number of hydrogen-bond donors (Lipinski definition) is 1. The van der Waals surface area contributed by atoms with Crippen molar-refractivity contribution < 1.29 is 23.8 Å². The van der Waals surface area contributed by atoms with Crippen LogP contribution < -0.4 is 9.64 Å². The van der Waals surface area contributed by atoms with Crippen molar-refractivity contribution in [2.75, 3.05) is 11.5 Å². The Balaban J connectivity index is 1.68. The molecule has 8 heteroatoms. The molecule has 1 fully saturated rings. The molecule has 4 aromatic rings. The largest absolute Gasteiger partial charge is 0.507 e. The molecule has 38 heavy (non-hydrogen) atoms. The highest BCUT2D eigenvalue weighted by Gasteiger charge is 2.48. The van der Waals surface area contributed by atoms with Crippen molar-refractivity contribution in [2.24, 2.45) is 0 Å². The van der Waals surface area contributed by atoms with Crippen LogP contribution in [0.5, 0.6) is 5.75 Å². The number of carbonyl (C=O) groups is 2. The summed E-state index contributed by atoms with van der Waals surface area (Å²) in [6, 6.07) is 17.7. The number of carbonyl (C=O) groups excluding carboxylic acids is 2. The molecule has 1 aliphatic heterocycles. The molecule has 6 nitrogen and oxygen atoms in total. The van der Waals surface area contributed by atoms with Gasteiger partial charge in [-0.05, 0) is 53.8 Å².